The van der Waals surface area contributed by atoms with Crippen LogP contribution in [0.3, 0.4) is 0 Å². The summed E-state index contributed by atoms with van der Waals surface area (Å²) in [6.45, 7) is 1.95. The van der Waals surface area contributed by atoms with Crippen molar-refractivity contribution in [1.29, 1.82) is 0 Å². The predicted molar refractivity (Wildman–Crippen MR) is 107 cm³/mol. The SMILES string of the molecule is O=C(NC1CC1)C1CCCN(C(=O)c2sccc2S(=O)(=O)N2CCCCC2)C1. The van der Waals surface area contributed by atoms with Crippen LogP contribution >= 0.6 is 11.3 Å². The average Bonchev–Trinajstić information content (AvgIpc) is 3.39. The molecule has 4 rings (SSSR count). The van der Waals surface area contributed by atoms with Gasteiger partial charge < -0.3 is 10.2 Å². The molecule has 1 N–H and O–H groups in total. The van der Waals surface area contributed by atoms with E-state index in [-0.39, 0.29) is 27.5 Å². The minimum atomic E-state index is -3.65. The van der Waals surface area contributed by atoms with Crippen LogP contribution in [-0.4, -0.2) is 61.7 Å². The molecule has 2 saturated heterocycles. The number of nitrogens with one attached hydrogen (secondary N) is 1. The van der Waals surface area contributed by atoms with E-state index < -0.39 is 10.0 Å². The molecule has 3 heterocycles. The van der Waals surface area contributed by atoms with Gasteiger partial charge in [-0.05, 0) is 50.0 Å². The van der Waals surface area contributed by atoms with Gasteiger partial charge in [-0.3, -0.25) is 9.59 Å². The molecule has 1 aromatic rings. The van der Waals surface area contributed by atoms with Gasteiger partial charge in [0.15, 0.2) is 0 Å². The largest absolute Gasteiger partial charge is 0.353 e. The zero-order valence-electron chi connectivity index (χ0n) is 15.9. The minimum absolute atomic E-state index is 0.0207. The van der Waals surface area contributed by atoms with E-state index in [0.717, 1.165) is 44.9 Å². The quantitative estimate of drug-likeness (QED) is 0.782. The zero-order chi connectivity index (χ0) is 19.7. The number of rotatable bonds is 5. The molecule has 2 amide bonds. The Labute approximate surface area is 170 Å². The maximum atomic E-state index is 13.1. The van der Waals surface area contributed by atoms with Crippen LogP contribution in [0.1, 0.15) is 54.6 Å². The summed E-state index contributed by atoms with van der Waals surface area (Å²) < 4.78 is 27.6. The fourth-order valence-electron chi connectivity index (χ4n) is 3.97. The number of hydrogen-bond donors (Lipinski definition) is 1. The van der Waals surface area contributed by atoms with Crippen LogP contribution in [-0.2, 0) is 14.8 Å². The van der Waals surface area contributed by atoms with Crippen molar-refractivity contribution in [2.24, 2.45) is 5.92 Å². The lowest BCUT2D eigenvalue weighted by molar-refractivity contribution is -0.126. The minimum Gasteiger partial charge on any atom is -0.353 e. The third-order valence-electron chi connectivity index (χ3n) is 5.76. The van der Waals surface area contributed by atoms with Crippen molar-refractivity contribution in [1.82, 2.24) is 14.5 Å². The molecule has 1 saturated carbocycles. The summed E-state index contributed by atoms with van der Waals surface area (Å²) in [5.74, 6) is -0.456. The van der Waals surface area contributed by atoms with Crippen molar-refractivity contribution in [3.63, 3.8) is 0 Å². The lowest BCUT2D eigenvalue weighted by Crippen LogP contribution is -2.46. The Morgan fingerprint density at radius 1 is 1.04 bits per heavy atom. The van der Waals surface area contributed by atoms with Gasteiger partial charge in [-0.2, -0.15) is 4.31 Å². The Hall–Kier alpha value is -1.45. The summed E-state index contributed by atoms with van der Waals surface area (Å²) in [6, 6.07) is 1.85. The summed E-state index contributed by atoms with van der Waals surface area (Å²) in [7, 11) is -3.65. The molecule has 7 nitrogen and oxygen atoms in total. The first kappa shape index (κ1) is 19.8. The Morgan fingerprint density at radius 2 is 1.79 bits per heavy atom. The highest BCUT2D eigenvalue weighted by atomic mass is 32.2. The number of carbonyl (C=O) groups excluding carboxylic acids is 2. The topological polar surface area (TPSA) is 86.8 Å². The number of carbonyl (C=O) groups is 2. The fraction of sp³-hybridized carbons (Fsp3) is 0.684. The Bertz CT molecular complexity index is 841. The molecule has 0 bridgehead atoms. The maximum Gasteiger partial charge on any atom is 0.265 e. The third kappa shape index (κ3) is 4.11. The van der Waals surface area contributed by atoms with E-state index in [1.54, 1.807) is 16.3 Å². The van der Waals surface area contributed by atoms with Gasteiger partial charge in [-0.25, -0.2) is 8.42 Å². The Morgan fingerprint density at radius 3 is 2.50 bits per heavy atom. The summed E-state index contributed by atoms with van der Waals surface area (Å²) in [5.41, 5.74) is 0. The summed E-state index contributed by atoms with van der Waals surface area (Å²) in [6.07, 6.45) is 6.36. The number of thiophene rings is 1. The molecule has 1 aliphatic carbocycles. The molecule has 3 fully saturated rings. The van der Waals surface area contributed by atoms with Crippen LogP contribution in [0, 0.1) is 5.92 Å². The normalized spacial score (nSPS) is 24.1. The van der Waals surface area contributed by atoms with E-state index in [1.807, 2.05) is 0 Å². The first-order valence-corrected chi connectivity index (χ1v) is 12.5. The van der Waals surface area contributed by atoms with Crippen LogP contribution < -0.4 is 5.32 Å². The Kier molecular flexibility index (Phi) is 5.76. The fourth-order valence-corrected chi connectivity index (χ4v) is 6.85. The molecular weight excluding hydrogens is 398 g/mol. The lowest BCUT2D eigenvalue weighted by Gasteiger charge is -2.32. The van der Waals surface area contributed by atoms with Crippen molar-refractivity contribution in [2.45, 2.75) is 55.9 Å². The van der Waals surface area contributed by atoms with Gasteiger partial charge in [-0.15, -0.1) is 11.3 Å². The molecule has 0 radical (unpaired) electrons. The van der Waals surface area contributed by atoms with Gasteiger partial charge in [0.05, 0.1) is 5.92 Å². The van der Waals surface area contributed by atoms with Crippen LogP contribution in [0.4, 0.5) is 0 Å². The van der Waals surface area contributed by atoms with Crippen molar-refractivity contribution in [2.75, 3.05) is 26.2 Å². The highest BCUT2D eigenvalue weighted by Crippen LogP contribution is 2.30. The van der Waals surface area contributed by atoms with Gasteiger partial charge in [0.2, 0.25) is 15.9 Å². The third-order valence-corrected chi connectivity index (χ3v) is 8.73. The molecule has 28 heavy (non-hydrogen) atoms. The Balaban J connectivity index is 1.49. The van der Waals surface area contributed by atoms with Gasteiger partial charge >= 0.3 is 0 Å². The molecule has 154 valence electrons. The standard InChI is InChI=1S/C19H27N3O4S2/c23-18(20-15-6-7-15)14-5-4-9-21(13-14)19(24)17-16(8-12-27-17)28(25,26)22-10-2-1-3-11-22/h8,12,14-15H,1-7,9-11,13H2,(H,20,23). The molecular formula is C19H27N3O4S2. The first-order valence-electron chi connectivity index (χ1n) is 10.1. The van der Waals surface area contributed by atoms with Crippen molar-refractivity contribution in [3.05, 3.63) is 16.3 Å². The highest BCUT2D eigenvalue weighted by molar-refractivity contribution is 7.89. The molecule has 0 spiro atoms. The van der Waals surface area contributed by atoms with E-state index in [4.69, 9.17) is 0 Å². The monoisotopic (exact) mass is 425 g/mol. The van der Waals surface area contributed by atoms with Crippen LogP contribution in [0.5, 0.6) is 0 Å². The second-order valence-electron chi connectivity index (χ2n) is 7.95. The van der Waals surface area contributed by atoms with Gasteiger partial charge in [-0.1, -0.05) is 6.42 Å². The lowest BCUT2D eigenvalue weighted by atomic mass is 9.97. The number of amides is 2. The van der Waals surface area contributed by atoms with Gasteiger partial charge in [0.25, 0.3) is 5.91 Å². The first-order chi connectivity index (χ1) is 13.5. The predicted octanol–water partition coefficient (Wildman–Crippen LogP) is 2.05. The molecule has 0 aromatic carbocycles. The van der Waals surface area contributed by atoms with Crippen LogP contribution in [0.15, 0.2) is 16.3 Å². The summed E-state index contributed by atoms with van der Waals surface area (Å²) >= 11 is 1.17. The average molecular weight is 426 g/mol. The van der Waals surface area contributed by atoms with E-state index in [2.05, 4.69) is 5.32 Å². The summed E-state index contributed by atoms with van der Waals surface area (Å²) in [5, 5.41) is 4.69. The summed E-state index contributed by atoms with van der Waals surface area (Å²) in [4.78, 5) is 27.6. The molecule has 2 aliphatic heterocycles. The molecule has 1 unspecified atom stereocenters. The number of likely N-dealkylation sites (tertiary alicyclic amines) is 1. The second kappa shape index (κ2) is 8.12. The molecule has 3 aliphatic rings. The molecule has 1 aromatic heterocycles. The number of nitrogens with zero attached hydrogens (tertiary/aromatic N) is 2. The maximum absolute atomic E-state index is 13.1. The van der Waals surface area contributed by atoms with Gasteiger partial charge in [0.1, 0.15) is 9.77 Å². The van der Waals surface area contributed by atoms with E-state index in [1.165, 1.54) is 15.6 Å². The molecule has 9 heteroatoms. The zero-order valence-corrected chi connectivity index (χ0v) is 17.6. The van der Waals surface area contributed by atoms with Crippen LogP contribution in [0.2, 0.25) is 0 Å². The number of piperidine rings is 2. The number of hydrogen-bond acceptors (Lipinski definition) is 5. The van der Waals surface area contributed by atoms with E-state index in [0.29, 0.717) is 32.2 Å². The molecule has 1 atom stereocenters. The van der Waals surface area contributed by atoms with Crippen LogP contribution in [0.25, 0.3) is 0 Å². The number of sulfonamides is 1. The second-order valence-corrected chi connectivity index (χ2v) is 10.8. The van der Waals surface area contributed by atoms with E-state index >= 15 is 0 Å². The highest BCUT2D eigenvalue weighted by Gasteiger charge is 2.36. The van der Waals surface area contributed by atoms with Crippen molar-refractivity contribution >= 4 is 33.2 Å². The smallest absolute Gasteiger partial charge is 0.265 e. The van der Waals surface area contributed by atoms with E-state index in [9.17, 15) is 18.0 Å². The van der Waals surface area contributed by atoms with Crippen molar-refractivity contribution < 1.29 is 18.0 Å². The van der Waals surface area contributed by atoms with Crippen molar-refractivity contribution in [3.8, 4) is 0 Å². The van der Waals surface area contributed by atoms with Gasteiger partial charge in [0, 0.05) is 32.2 Å².